The predicted octanol–water partition coefficient (Wildman–Crippen LogP) is 3.58. The van der Waals surface area contributed by atoms with Crippen molar-refractivity contribution in [1.82, 2.24) is 10.2 Å². The first-order valence-electron chi connectivity index (χ1n) is 6.48. The van der Waals surface area contributed by atoms with Gasteiger partial charge in [0.1, 0.15) is 12.4 Å². The van der Waals surface area contributed by atoms with Gasteiger partial charge in [0, 0.05) is 29.1 Å². The summed E-state index contributed by atoms with van der Waals surface area (Å²) in [5, 5.41) is 11.8. The van der Waals surface area contributed by atoms with Crippen LogP contribution in [-0.2, 0) is 6.61 Å². The molecule has 2 N–H and O–H groups in total. The van der Waals surface area contributed by atoms with Crippen LogP contribution in [0.2, 0.25) is 0 Å². The Hall–Kier alpha value is -2.34. The molecule has 2 heterocycles. The van der Waals surface area contributed by atoms with Gasteiger partial charge in [-0.2, -0.15) is 0 Å². The van der Waals surface area contributed by atoms with E-state index in [1.54, 1.807) is 18.3 Å². The fourth-order valence-corrected chi connectivity index (χ4v) is 2.64. The Morgan fingerprint density at radius 2 is 2.10 bits per heavy atom. The van der Waals surface area contributed by atoms with Gasteiger partial charge < -0.3 is 14.9 Å². The number of thiophene rings is 1. The Labute approximate surface area is 126 Å². The minimum absolute atomic E-state index is 0.447. The zero-order valence-electron chi connectivity index (χ0n) is 11.8. The molecule has 0 saturated carbocycles. The Morgan fingerprint density at radius 1 is 1.24 bits per heavy atom. The highest BCUT2D eigenvalue weighted by molar-refractivity contribution is 7.08. The summed E-state index contributed by atoms with van der Waals surface area (Å²) in [7, 11) is 0. The van der Waals surface area contributed by atoms with Gasteiger partial charge in [-0.3, -0.25) is 0 Å². The van der Waals surface area contributed by atoms with Crippen molar-refractivity contribution in [3.63, 3.8) is 0 Å². The molecule has 0 amide bonds. The molecular weight excluding hydrogens is 286 g/mol. The number of nitrogens with zero attached hydrogens (tertiary/aromatic N) is 2. The molecule has 0 fully saturated rings. The summed E-state index contributed by atoms with van der Waals surface area (Å²) < 4.78 is 11.3. The molecule has 3 rings (SSSR count). The van der Waals surface area contributed by atoms with E-state index in [4.69, 9.17) is 14.9 Å². The number of nitrogen functional groups attached to an aromatic ring is 1. The first-order valence-corrected chi connectivity index (χ1v) is 7.42. The number of benzene rings is 1. The second-order valence-electron chi connectivity index (χ2n) is 4.75. The van der Waals surface area contributed by atoms with E-state index in [1.165, 1.54) is 0 Å². The van der Waals surface area contributed by atoms with Crippen LogP contribution in [0.25, 0.3) is 11.5 Å². The van der Waals surface area contributed by atoms with E-state index in [9.17, 15) is 0 Å². The van der Waals surface area contributed by atoms with Gasteiger partial charge in [-0.25, -0.2) is 0 Å². The van der Waals surface area contributed by atoms with Gasteiger partial charge in [-0.05, 0) is 30.0 Å². The lowest BCUT2D eigenvalue weighted by Gasteiger charge is -2.10. The predicted molar refractivity (Wildman–Crippen MR) is 82.3 cm³/mol. The van der Waals surface area contributed by atoms with Gasteiger partial charge in [0.2, 0.25) is 11.8 Å². The molecule has 0 radical (unpaired) electrons. The molecule has 0 aliphatic carbocycles. The summed E-state index contributed by atoms with van der Waals surface area (Å²) in [5.74, 6) is 1.82. The van der Waals surface area contributed by atoms with Crippen molar-refractivity contribution in [1.29, 1.82) is 0 Å². The Balaban J connectivity index is 1.83. The van der Waals surface area contributed by atoms with E-state index in [1.807, 2.05) is 35.9 Å². The summed E-state index contributed by atoms with van der Waals surface area (Å²) in [6, 6.07) is 5.82. The van der Waals surface area contributed by atoms with Crippen molar-refractivity contribution in [2.45, 2.75) is 20.5 Å². The van der Waals surface area contributed by atoms with Gasteiger partial charge in [-0.15, -0.1) is 21.5 Å². The van der Waals surface area contributed by atoms with Crippen LogP contribution in [0.3, 0.4) is 0 Å². The molecular formula is C15H15N3O2S. The van der Waals surface area contributed by atoms with E-state index in [-0.39, 0.29) is 0 Å². The molecule has 0 saturated heterocycles. The molecule has 108 valence electrons. The van der Waals surface area contributed by atoms with Crippen molar-refractivity contribution >= 4 is 17.0 Å². The number of aryl methyl sites for hydroxylation is 2. The number of hydrogen-bond donors (Lipinski definition) is 1. The maximum atomic E-state index is 5.87. The summed E-state index contributed by atoms with van der Waals surface area (Å²) >= 11 is 1.57. The number of aromatic nitrogens is 2. The third-order valence-corrected chi connectivity index (χ3v) is 3.93. The van der Waals surface area contributed by atoms with Crippen LogP contribution in [0, 0.1) is 13.8 Å². The third kappa shape index (κ3) is 2.90. The van der Waals surface area contributed by atoms with E-state index in [0.717, 1.165) is 28.1 Å². The number of nitrogens with two attached hydrogens (primary N) is 1. The molecule has 0 bridgehead atoms. The smallest absolute Gasteiger partial charge is 0.247 e. The van der Waals surface area contributed by atoms with Crippen LogP contribution in [0.5, 0.6) is 5.75 Å². The average molecular weight is 301 g/mol. The fraction of sp³-hybridized carbons (Fsp3) is 0.200. The van der Waals surface area contributed by atoms with Gasteiger partial charge in [0.25, 0.3) is 0 Å². The van der Waals surface area contributed by atoms with Crippen LogP contribution >= 0.6 is 11.3 Å². The summed E-state index contributed by atoms with van der Waals surface area (Å²) in [5.41, 5.74) is 9.51. The minimum Gasteiger partial charge on any atom is -0.488 e. The number of hydrogen-bond acceptors (Lipinski definition) is 6. The standard InChI is InChI=1S/C15H15N3O2S/c1-9-3-4-11(15-18-17-10(2)20-15)5-14(9)19-6-12-7-21-8-13(12)16/h3-5,7-8H,6,16H2,1-2H3. The third-order valence-electron chi connectivity index (χ3n) is 3.12. The summed E-state index contributed by atoms with van der Waals surface area (Å²) in [6.07, 6.45) is 0. The molecule has 21 heavy (non-hydrogen) atoms. The normalized spacial score (nSPS) is 10.8. The first kappa shape index (κ1) is 13.6. The van der Waals surface area contributed by atoms with E-state index in [0.29, 0.717) is 18.4 Å². The van der Waals surface area contributed by atoms with E-state index in [2.05, 4.69) is 10.2 Å². The molecule has 0 aliphatic rings. The lowest BCUT2D eigenvalue weighted by molar-refractivity contribution is 0.305. The fourth-order valence-electron chi connectivity index (χ4n) is 1.91. The maximum absolute atomic E-state index is 5.87. The maximum Gasteiger partial charge on any atom is 0.247 e. The Kier molecular flexibility index (Phi) is 3.62. The lowest BCUT2D eigenvalue weighted by Crippen LogP contribution is -1.99. The highest BCUT2D eigenvalue weighted by Crippen LogP contribution is 2.28. The quantitative estimate of drug-likeness (QED) is 0.797. The Morgan fingerprint density at radius 3 is 2.76 bits per heavy atom. The molecule has 0 unspecified atom stereocenters. The van der Waals surface area contributed by atoms with E-state index < -0.39 is 0 Å². The lowest BCUT2D eigenvalue weighted by atomic mass is 10.1. The molecule has 6 heteroatoms. The topological polar surface area (TPSA) is 74.2 Å². The van der Waals surface area contributed by atoms with Crippen molar-refractivity contribution in [3.8, 4) is 17.2 Å². The van der Waals surface area contributed by atoms with Crippen LogP contribution in [0.1, 0.15) is 17.0 Å². The summed E-state index contributed by atoms with van der Waals surface area (Å²) in [6.45, 7) is 4.21. The van der Waals surface area contributed by atoms with Gasteiger partial charge >= 0.3 is 0 Å². The van der Waals surface area contributed by atoms with Crippen molar-refractivity contribution < 1.29 is 9.15 Å². The van der Waals surface area contributed by atoms with Crippen LogP contribution in [-0.4, -0.2) is 10.2 Å². The monoisotopic (exact) mass is 301 g/mol. The first-order chi connectivity index (χ1) is 10.1. The zero-order valence-corrected chi connectivity index (χ0v) is 12.6. The molecule has 0 spiro atoms. The molecule has 5 nitrogen and oxygen atoms in total. The molecule has 0 aliphatic heterocycles. The molecule has 2 aromatic heterocycles. The van der Waals surface area contributed by atoms with Crippen molar-refractivity contribution in [2.24, 2.45) is 0 Å². The van der Waals surface area contributed by atoms with Gasteiger partial charge in [0.15, 0.2) is 0 Å². The van der Waals surface area contributed by atoms with Crippen molar-refractivity contribution in [2.75, 3.05) is 5.73 Å². The highest BCUT2D eigenvalue weighted by atomic mass is 32.1. The van der Waals surface area contributed by atoms with Crippen LogP contribution in [0.15, 0.2) is 33.4 Å². The number of ether oxygens (including phenoxy) is 1. The van der Waals surface area contributed by atoms with Gasteiger partial charge in [-0.1, -0.05) is 6.07 Å². The second-order valence-corrected chi connectivity index (χ2v) is 5.49. The van der Waals surface area contributed by atoms with E-state index >= 15 is 0 Å². The van der Waals surface area contributed by atoms with Gasteiger partial charge in [0.05, 0.1) is 0 Å². The SMILES string of the molecule is Cc1nnc(-c2ccc(C)c(OCc3cscc3N)c2)o1. The molecule has 0 atom stereocenters. The largest absolute Gasteiger partial charge is 0.488 e. The number of anilines is 1. The van der Waals surface area contributed by atoms with Crippen molar-refractivity contribution in [3.05, 3.63) is 46.0 Å². The average Bonchev–Trinajstić information content (AvgIpc) is 3.07. The molecule has 1 aromatic carbocycles. The van der Waals surface area contributed by atoms with Crippen LogP contribution < -0.4 is 10.5 Å². The second kappa shape index (κ2) is 5.57. The minimum atomic E-state index is 0.447. The Bertz CT molecular complexity index is 764. The zero-order chi connectivity index (χ0) is 14.8. The molecule has 3 aromatic rings. The number of rotatable bonds is 4. The summed E-state index contributed by atoms with van der Waals surface area (Å²) in [4.78, 5) is 0. The van der Waals surface area contributed by atoms with Crippen LogP contribution in [0.4, 0.5) is 5.69 Å². The highest BCUT2D eigenvalue weighted by Gasteiger charge is 2.10.